The first-order chi connectivity index (χ1) is 8.38. The number of ether oxygens (including phenoxy) is 1. The van der Waals surface area contributed by atoms with Crippen LogP contribution < -0.4 is 4.74 Å². The number of aromatic nitrogens is 1. The van der Waals surface area contributed by atoms with Crippen LogP contribution in [0.3, 0.4) is 0 Å². The van der Waals surface area contributed by atoms with E-state index in [-0.39, 0.29) is 0 Å². The van der Waals surface area contributed by atoms with E-state index < -0.39 is 0 Å². The van der Waals surface area contributed by atoms with E-state index in [4.69, 9.17) is 9.94 Å². The van der Waals surface area contributed by atoms with Crippen molar-refractivity contribution in [2.75, 3.05) is 0 Å². The Labute approximate surface area is 99.2 Å². The minimum Gasteiger partial charge on any atom is -0.487 e. The van der Waals surface area contributed by atoms with Crippen molar-refractivity contribution < 1.29 is 9.94 Å². The molecule has 0 fully saturated rings. The summed E-state index contributed by atoms with van der Waals surface area (Å²) in [5.74, 6) is 0.755. The van der Waals surface area contributed by atoms with E-state index in [0.717, 1.165) is 17.0 Å². The molecule has 0 saturated heterocycles. The van der Waals surface area contributed by atoms with Crippen LogP contribution >= 0.6 is 0 Å². The molecule has 0 aliphatic carbocycles. The van der Waals surface area contributed by atoms with Crippen molar-refractivity contribution in [3.8, 4) is 5.75 Å². The van der Waals surface area contributed by atoms with E-state index in [9.17, 15) is 0 Å². The van der Waals surface area contributed by atoms with Crippen molar-refractivity contribution in [2.45, 2.75) is 6.61 Å². The van der Waals surface area contributed by atoms with Gasteiger partial charge < -0.3 is 9.94 Å². The molecule has 4 heteroatoms. The van der Waals surface area contributed by atoms with Gasteiger partial charge in [0, 0.05) is 6.20 Å². The average Bonchev–Trinajstić information content (AvgIpc) is 2.40. The maximum Gasteiger partial charge on any atom is 0.130 e. The quantitative estimate of drug-likeness (QED) is 0.497. The Kier molecular flexibility index (Phi) is 3.70. The fourth-order valence-electron chi connectivity index (χ4n) is 1.36. The van der Waals surface area contributed by atoms with Gasteiger partial charge in [0.1, 0.15) is 12.4 Å². The smallest absolute Gasteiger partial charge is 0.130 e. The highest BCUT2D eigenvalue weighted by Gasteiger charge is 1.96. The second-order valence-corrected chi connectivity index (χ2v) is 3.42. The summed E-state index contributed by atoms with van der Waals surface area (Å²) in [4.78, 5) is 4.16. The van der Waals surface area contributed by atoms with Crippen molar-refractivity contribution in [1.29, 1.82) is 0 Å². The molecule has 0 aliphatic heterocycles. The van der Waals surface area contributed by atoms with Crippen molar-refractivity contribution in [3.05, 3.63) is 59.9 Å². The maximum absolute atomic E-state index is 8.37. The van der Waals surface area contributed by atoms with Crippen LogP contribution in [0, 0.1) is 0 Å². The Morgan fingerprint density at radius 1 is 1.18 bits per heavy atom. The third kappa shape index (κ3) is 3.31. The molecular formula is C13H12N2O2. The van der Waals surface area contributed by atoms with E-state index in [1.807, 2.05) is 42.5 Å². The molecule has 1 aromatic heterocycles. The van der Waals surface area contributed by atoms with Crippen LogP contribution in [0.1, 0.15) is 11.3 Å². The number of hydrogen-bond donors (Lipinski definition) is 1. The third-order valence-corrected chi connectivity index (χ3v) is 2.20. The molecule has 1 aromatic carbocycles. The molecule has 1 heterocycles. The van der Waals surface area contributed by atoms with Crippen LogP contribution in [0.15, 0.2) is 53.8 Å². The predicted octanol–water partition coefficient (Wildman–Crippen LogP) is 2.47. The van der Waals surface area contributed by atoms with Crippen molar-refractivity contribution in [3.63, 3.8) is 0 Å². The third-order valence-electron chi connectivity index (χ3n) is 2.20. The number of nitrogens with zero attached hydrogens (tertiary/aromatic N) is 2. The summed E-state index contributed by atoms with van der Waals surface area (Å²) >= 11 is 0. The van der Waals surface area contributed by atoms with Gasteiger partial charge in [-0.05, 0) is 42.0 Å². The summed E-state index contributed by atoms with van der Waals surface area (Å²) < 4.78 is 5.56. The number of rotatable bonds is 4. The molecule has 1 N–H and O–H groups in total. The topological polar surface area (TPSA) is 54.7 Å². The molecular weight excluding hydrogens is 216 g/mol. The second-order valence-electron chi connectivity index (χ2n) is 3.42. The van der Waals surface area contributed by atoms with E-state index in [1.165, 1.54) is 6.21 Å². The Balaban J connectivity index is 1.95. The zero-order chi connectivity index (χ0) is 11.9. The van der Waals surface area contributed by atoms with E-state index in [1.54, 1.807) is 6.20 Å². The van der Waals surface area contributed by atoms with Crippen LogP contribution in [0.2, 0.25) is 0 Å². The molecule has 0 amide bonds. The van der Waals surface area contributed by atoms with Crippen LogP contribution in [0.4, 0.5) is 0 Å². The minimum atomic E-state index is 0.439. The fraction of sp³-hybridized carbons (Fsp3) is 0.0769. The van der Waals surface area contributed by atoms with Gasteiger partial charge >= 0.3 is 0 Å². The molecule has 0 atom stereocenters. The van der Waals surface area contributed by atoms with Crippen molar-refractivity contribution in [2.24, 2.45) is 5.16 Å². The lowest BCUT2D eigenvalue weighted by molar-refractivity contribution is 0.301. The van der Waals surface area contributed by atoms with Gasteiger partial charge in [0.05, 0.1) is 11.9 Å². The monoisotopic (exact) mass is 228 g/mol. The normalized spacial score (nSPS) is 10.6. The van der Waals surface area contributed by atoms with Gasteiger partial charge in [0.15, 0.2) is 0 Å². The highest BCUT2D eigenvalue weighted by molar-refractivity contribution is 5.79. The van der Waals surface area contributed by atoms with E-state index in [2.05, 4.69) is 10.1 Å². The SMILES string of the molecule is O/N=C\c1ccc(OCc2ccccn2)cc1. The fourth-order valence-corrected chi connectivity index (χ4v) is 1.36. The highest BCUT2D eigenvalue weighted by Crippen LogP contribution is 2.12. The molecule has 0 unspecified atom stereocenters. The van der Waals surface area contributed by atoms with Gasteiger partial charge in [0.25, 0.3) is 0 Å². The predicted molar refractivity (Wildman–Crippen MR) is 64.4 cm³/mol. The standard InChI is InChI=1S/C13H12N2O2/c16-15-9-11-4-6-13(7-5-11)17-10-12-3-1-2-8-14-12/h1-9,16H,10H2/b15-9-. The summed E-state index contributed by atoms with van der Waals surface area (Å²) in [5, 5.41) is 11.3. The molecule has 0 saturated carbocycles. The van der Waals surface area contributed by atoms with Crippen molar-refractivity contribution in [1.82, 2.24) is 4.98 Å². The zero-order valence-electron chi connectivity index (χ0n) is 9.15. The molecule has 0 bridgehead atoms. The number of benzene rings is 1. The largest absolute Gasteiger partial charge is 0.487 e. The number of hydrogen-bond acceptors (Lipinski definition) is 4. The summed E-state index contributed by atoms with van der Waals surface area (Å²) in [6.07, 6.45) is 3.10. The lowest BCUT2D eigenvalue weighted by atomic mass is 10.2. The van der Waals surface area contributed by atoms with Crippen molar-refractivity contribution >= 4 is 6.21 Å². The van der Waals surface area contributed by atoms with Gasteiger partial charge in [-0.1, -0.05) is 11.2 Å². The molecule has 0 radical (unpaired) electrons. The van der Waals surface area contributed by atoms with Gasteiger partial charge in [-0.3, -0.25) is 4.98 Å². The van der Waals surface area contributed by atoms with Gasteiger partial charge in [0.2, 0.25) is 0 Å². The van der Waals surface area contributed by atoms with E-state index >= 15 is 0 Å². The lowest BCUT2D eigenvalue weighted by Crippen LogP contribution is -1.97. The molecule has 86 valence electrons. The number of oxime groups is 1. The lowest BCUT2D eigenvalue weighted by Gasteiger charge is -2.05. The van der Waals surface area contributed by atoms with Crippen LogP contribution in [0.25, 0.3) is 0 Å². The van der Waals surface area contributed by atoms with E-state index in [0.29, 0.717) is 6.61 Å². The average molecular weight is 228 g/mol. The summed E-state index contributed by atoms with van der Waals surface area (Å²) in [7, 11) is 0. The molecule has 4 nitrogen and oxygen atoms in total. The molecule has 2 aromatic rings. The molecule has 2 rings (SSSR count). The summed E-state index contributed by atoms with van der Waals surface area (Å²) in [6, 6.07) is 13.0. The first kappa shape index (κ1) is 11.1. The van der Waals surface area contributed by atoms with Crippen LogP contribution in [0.5, 0.6) is 5.75 Å². The minimum absolute atomic E-state index is 0.439. The highest BCUT2D eigenvalue weighted by atomic mass is 16.5. The first-order valence-corrected chi connectivity index (χ1v) is 5.19. The van der Waals surface area contributed by atoms with Gasteiger partial charge in [-0.15, -0.1) is 0 Å². The second kappa shape index (κ2) is 5.65. The Bertz CT molecular complexity index is 481. The Morgan fingerprint density at radius 2 is 2.00 bits per heavy atom. The molecule has 0 spiro atoms. The van der Waals surface area contributed by atoms with Gasteiger partial charge in [-0.25, -0.2) is 0 Å². The summed E-state index contributed by atoms with van der Waals surface area (Å²) in [6.45, 7) is 0.439. The Morgan fingerprint density at radius 3 is 2.65 bits per heavy atom. The number of pyridine rings is 1. The Hall–Kier alpha value is -2.36. The zero-order valence-corrected chi connectivity index (χ0v) is 9.15. The van der Waals surface area contributed by atoms with Crippen LogP contribution in [-0.4, -0.2) is 16.4 Å². The summed E-state index contributed by atoms with van der Waals surface area (Å²) in [5.41, 5.74) is 1.70. The maximum atomic E-state index is 8.37. The van der Waals surface area contributed by atoms with Gasteiger partial charge in [-0.2, -0.15) is 0 Å². The van der Waals surface area contributed by atoms with Crippen LogP contribution in [-0.2, 0) is 6.61 Å². The molecule has 17 heavy (non-hydrogen) atoms. The first-order valence-electron chi connectivity index (χ1n) is 5.19. The molecule has 0 aliphatic rings.